The molecule has 8 nitrogen and oxygen atoms in total. The molecule has 1 aromatic carbocycles. The molecule has 1 heterocycles. The van der Waals surface area contributed by atoms with Crippen molar-refractivity contribution in [3.63, 3.8) is 0 Å². The van der Waals surface area contributed by atoms with Crippen LogP contribution in [0, 0.1) is 23.1 Å². The highest BCUT2D eigenvalue weighted by Crippen LogP contribution is 2.43. The Morgan fingerprint density at radius 2 is 2.14 bits per heavy atom. The molecule has 3 N–H and O–H groups in total. The summed E-state index contributed by atoms with van der Waals surface area (Å²) in [6.45, 7) is 2.11. The second-order valence-electron chi connectivity index (χ2n) is 9.25. The number of aliphatic imine (C=N–C) groups is 1. The molecule has 0 radical (unpaired) electrons. The predicted octanol–water partition coefficient (Wildman–Crippen LogP) is 3.16. The molecular weight excluding hydrogens is 451 g/mol. The summed E-state index contributed by atoms with van der Waals surface area (Å²) in [5.41, 5.74) is -0.160. The summed E-state index contributed by atoms with van der Waals surface area (Å²) >= 11 is 0. The largest absolute Gasteiger partial charge is 0.394 e. The van der Waals surface area contributed by atoms with Gasteiger partial charge in [0.15, 0.2) is 6.29 Å². The monoisotopic (exact) mass is 486 g/mol. The first-order valence-electron chi connectivity index (χ1n) is 12.2. The topological polar surface area (TPSA) is 118 Å². The fraction of sp³-hybridized carbons (Fsp3) is 0.577. The highest BCUT2D eigenvalue weighted by molar-refractivity contribution is 5.86. The normalized spacial score (nSPS) is 19.2. The van der Waals surface area contributed by atoms with E-state index in [-0.39, 0.29) is 36.8 Å². The number of carbonyl (C=O) groups is 1. The Kier molecular flexibility index (Phi) is 9.52. The van der Waals surface area contributed by atoms with Gasteiger partial charge in [0.25, 0.3) is 0 Å². The maximum absolute atomic E-state index is 15.7. The van der Waals surface area contributed by atoms with Gasteiger partial charge in [-0.05, 0) is 49.9 Å². The number of hydrogen-bond acceptors (Lipinski definition) is 8. The third-order valence-electron chi connectivity index (χ3n) is 7.02. The Bertz CT molecular complexity index is 1000. The minimum atomic E-state index is -1.21. The summed E-state index contributed by atoms with van der Waals surface area (Å²) in [6, 6.07) is 4.93. The minimum Gasteiger partial charge on any atom is -0.394 e. The average molecular weight is 487 g/mol. The molecule has 3 rings (SSSR count). The molecule has 190 valence electrons. The van der Waals surface area contributed by atoms with Gasteiger partial charge in [-0.25, -0.2) is 9.38 Å². The van der Waals surface area contributed by atoms with Crippen molar-refractivity contribution >= 4 is 12.1 Å². The standard InChI is InChI=1S/C26H35FN4O4/c1-3-26(34,20-7-5-4-6-8-20)21-11-19(17-33)24(22(27)12-21)25(35-10-9-32)31(2)16-23-29-14-18(13-28)15-30-23/h11-12,14,17,20,25,32,34H,3-10,15-16H2,1-2H3,(H,29,30)/t25-,26?/m1/s1. The zero-order valence-corrected chi connectivity index (χ0v) is 20.5. The van der Waals surface area contributed by atoms with Crippen molar-refractivity contribution in [3.05, 3.63) is 46.4 Å². The number of benzene rings is 1. The van der Waals surface area contributed by atoms with Gasteiger partial charge in [-0.3, -0.25) is 9.69 Å². The van der Waals surface area contributed by atoms with Gasteiger partial charge in [0.2, 0.25) is 0 Å². The van der Waals surface area contributed by atoms with E-state index in [1.54, 1.807) is 18.0 Å². The van der Waals surface area contributed by atoms with E-state index in [9.17, 15) is 15.0 Å². The van der Waals surface area contributed by atoms with Crippen molar-refractivity contribution < 1.29 is 24.1 Å². The summed E-state index contributed by atoms with van der Waals surface area (Å²) in [5.74, 6) is -0.0735. The van der Waals surface area contributed by atoms with Gasteiger partial charge in [-0.1, -0.05) is 26.2 Å². The Hall–Kier alpha value is -2.64. The highest BCUT2D eigenvalue weighted by atomic mass is 19.1. The van der Waals surface area contributed by atoms with E-state index in [1.165, 1.54) is 12.3 Å². The lowest BCUT2D eigenvalue weighted by atomic mass is 9.71. The third-order valence-corrected chi connectivity index (χ3v) is 7.02. The van der Waals surface area contributed by atoms with Crippen LogP contribution < -0.4 is 5.32 Å². The lowest BCUT2D eigenvalue weighted by molar-refractivity contribution is -0.0580. The molecule has 1 aromatic rings. The lowest BCUT2D eigenvalue weighted by Crippen LogP contribution is -2.40. The number of nitriles is 1. The average Bonchev–Trinajstić information content (AvgIpc) is 2.89. The van der Waals surface area contributed by atoms with E-state index in [0.717, 1.165) is 32.1 Å². The van der Waals surface area contributed by atoms with Crippen LogP contribution >= 0.6 is 0 Å². The van der Waals surface area contributed by atoms with Crippen molar-refractivity contribution in [3.8, 4) is 6.07 Å². The van der Waals surface area contributed by atoms with Crippen molar-refractivity contribution in [1.82, 2.24) is 10.2 Å². The summed E-state index contributed by atoms with van der Waals surface area (Å²) in [6.07, 6.45) is 6.42. The molecule has 9 heteroatoms. The summed E-state index contributed by atoms with van der Waals surface area (Å²) in [4.78, 5) is 18.0. The maximum Gasteiger partial charge on any atom is 0.150 e. The van der Waals surface area contributed by atoms with Gasteiger partial charge in [0.1, 0.15) is 17.9 Å². The van der Waals surface area contributed by atoms with Crippen LogP contribution in [-0.4, -0.2) is 60.6 Å². The quantitative estimate of drug-likeness (QED) is 0.325. The van der Waals surface area contributed by atoms with Gasteiger partial charge >= 0.3 is 0 Å². The first-order chi connectivity index (χ1) is 16.9. The number of ether oxygens (including phenoxy) is 1. The molecular formula is C26H35FN4O4. The molecule has 2 atom stereocenters. The minimum absolute atomic E-state index is 0.0110. The fourth-order valence-corrected chi connectivity index (χ4v) is 5.08. The number of aliphatic hydroxyl groups is 2. The number of amidine groups is 1. The summed E-state index contributed by atoms with van der Waals surface area (Å²) in [5, 5.41) is 33.0. The van der Waals surface area contributed by atoms with Crippen LogP contribution in [-0.2, 0) is 10.3 Å². The maximum atomic E-state index is 15.7. The number of nitrogens with zero attached hydrogens (tertiary/aromatic N) is 3. The number of nitrogens with one attached hydrogen (secondary N) is 1. The number of halogens is 1. The smallest absolute Gasteiger partial charge is 0.150 e. The first-order valence-corrected chi connectivity index (χ1v) is 12.2. The van der Waals surface area contributed by atoms with E-state index in [4.69, 9.17) is 10.00 Å². The zero-order chi connectivity index (χ0) is 25.4. The third kappa shape index (κ3) is 6.14. The molecule has 1 aliphatic heterocycles. The highest BCUT2D eigenvalue weighted by Gasteiger charge is 2.39. The van der Waals surface area contributed by atoms with Crippen molar-refractivity contribution in [1.29, 1.82) is 5.26 Å². The molecule has 1 aliphatic carbocycles. The molecule has 35 heavy (non-hydrogen) atoms. The van der Waals surface area contributed by atoms with Crippen LogP contribution in [0.2, 0.25) is 0 Å². The fourth-order valence-electron chi connectivity index (χ4n) is 5.08. The van der Waals surface area contributed by atoms with Gasteiger partial charge in [0, 0.05) is 17.3 Å². The Labute approximate surface area is 206 Å². The molecule has 1 unspecified atom stereocenters. The van der Waals surface area contributed by atoms with Crippen LogP contribution in [0.15, 0.2) is 28.9 Å². The van der Waals surface area contributed by atoms with Crippen molar-refractivity contribution in [2.45, 2.75) is 57.3 Å². The Balaban J connectivity index is 1.96. The number of carbonyl (C=O) groups excluding carboxylic acids is 1. The molecule has 0 amide bonds. The molecule has 0 saturated heterocycles. The molecule has 2 aliphatic rings. The number of aliphatic hydroxyl groups excluding tert-OH is 1. The van der Waals surface area contributed by atoms with Crippen LogP contribution in [0.3, 0.4) is 0 Å². The Morgan fingerprint density at radius 1 is 1.40 bits per heavy atom. The van der Waals surface area contributed by atoms with Crippen LogP contribution in [0.1, 0.15) is 73.2 Å². The van der Waals surface area contributed by atoms with Crippen molar-refractivity contribution in [2.75, 3.05) is 33.4 Å². The predicted molar refractivity (Wildman–Crippen MR) is 130 cm³/mol. The molecule has 0 aromatic heterocycles. The van der Waals surface area contributed by atoms with Gasteiger partial charge < -0.3 is 20.3 Å². The summed E-state index contributed by atoms with van der Waals surface area (Å²) < 4.78 is 21.5. The molecule has 1 saturated carbocycles. The second kappa shape index (κ2) is 12.4. The number of hydrogen-bond donors (Lipinski definition) is 3. The number of aldehydes is 1. The second-order valence-corrected chi connectivity index (χ2v) is 9.25. The van der Waals surface area contributed by atoms with Gasteiger partial charge in [0.05, 0.1) is 43.5 Å². The molecule has 0 spiro atoms. The molecule has 0 bridgehead atoms. The van der Waals surface area contributed by atoms with Gasteiger partial charge in [-0.15, -0.1) is 0 Å². The van der Waals surface area contributed by atoms with Crippen molar-refractivity contribution in [2.24, 2.45) is 10.9 Å². The first kappa shape index (κ1) is 27.0. The Morgan fingerprint density at radius 3 is 2.71 bits per heavy atom. The van der Waals surface area contributed by atoms with Gasteiger partial charge in [-0.2, -0.15) is 5.26 Å². The zero-order valence-electron chi connectivity index (χ0n) is 20.5. The summed E-state index contributed by atoms with van der Waals surface area (Å²) in [7, 11) is 1.70. The van der Waals surface area contributed by atoms with E-state index in [2.05, 4.69) is 10.3 Å². The SMILES string of the molecule is CCC(O)(c1cc(F)c([C@@H](OCCO)N(C)CC2=NC=C(C#N)CN2)c(C=O)c1)C1CCCCC1. The lowest BCUT2D eigenvalue weighted by Gasteiger charge is -2.39. The van der Waals surface area contributed by atoms with E-state index < -0.39 is 17.6 Å². The number of likely N-dealkylation sites (N-methyl/N-ethyl adjacent to an activating group) is 1. The van der Waals surface area contributed by atoms with Crippen LogP contribution in [0.4, 0.5) is 4.39 Å². The van der Waals surface area contributed by atoms with E-state index in [1.807, 2.05) is 13.0 Å². The van der Waals surface area contributed by atoms with Crippen LogP contribution in [0.5, 0.6) is 0 Å². The number of rotatable bonds is 11. The van der Waals surface area contributed by atoms with E-state index >= 15 is 4.39 Å². The van der Waals surface area contributed by atoms with Crippen LogP contribution in [0.25, 0.3) is 0 Å². The molecule has 1 fully saturated rings. The van der Waals surface area contributed by atoms with E-state index in [0.29, 0.717) is 36.2 Å².